The molecule has 0 fully saturated rings. The third kappa shape index (κ3) is 2.50. The first-order valence-corrected chi connectivity index (χ1v) is 6.69. The molecule has 3 rings (SSSR count). The maximum atomic E-state index is 12.6. The van der Waals surface area contributed by atoms with E-state index in [0.29, 0.717) is 12.0 Å². The first-order valence-electron chi connectivity index (χ1n) is 6.69. The van der Waals surface area contributed by atoms with Crippen LogP contribution in [0.1, 0.15) is 15.9 Å². The zero-order chi connectivity index (χ0) is 14.8. The quantitative estimate of drug-likeness (QED) is 0.914. The van der Waals surface area contributed by atoms with Gasteiger partial charge in [-0.05, 0) is 30.2 Å². The summed E-state index contributed by atoms with van der Waals surface area (Å²) in [6, 6.07) is 10.8. The van der Waals surface area contributed by atoms with E-state index in [0.717, 1.165) is 11.3 Å². The van der Waals surface area contributed by atoms with E-state index in [9.17, 15) is 14.7 Å². The zero-order valence-corrected chi connectivity index (χ0v) is 11.3. The number of aromatic nitrogens is 1. The lowest BCUT2D eigenvalue weighted by molar-refractivity contribution is -0.141. The average Bonchev–Trinajstić information content (AvgIpc) is 2.54. The monoisotopic (exact) mass is 282 g/mol. The Morgan fingerprint density at radius 1 is 1.19 bits per heavy atom. The van der Waals surface area contributed by atoms with Gasteiger partial charge < -0.3 is 10.0 Å². The van der Waals surface area contributed by atoms with Crippen molar-refractivity contribution in [1.82, 2.24) is 4.98 Å². The van der Waals surface area contributed by atoms with E-state index in [4.69, 9.17) is 0 Å². The van der Waals surface area contributed by atoms with E-state index < -0.39 is 11.9 Å². The second kappa shape index (κ2) is 5.36. The Kier molecular flexibility index (Phi) is 3.39. The van der Waals surface area contributed by atoms with E-state index in [1.54, 1.807) is 18.3 Å². The minimum absolute atomic E-state index is 0.181. The number of carbonyl (C=O) groups excluding carboxylic acids is 1. The van der Waals surface area contributed by atoms with Crippen molar-refractivity contribution in [1.29, 1.82) is 0 Å². The number of benzene rings is 1. The Bertz CT molecular complexity index is 685. The minimum atomic E-state index is -0.881. The molecule has 5 heteroatoms. The van der Waals surface area contributed by atoms with Crippen LogP contribution in [-0.2, 0) is 11.2 Å². The number of hydrogen-bond acceptors (Lipinski definition) is 3. The Morgan fingerprint density at radius 3 is 2.71 bits per heavy atom. The molecular formula is C16H14N2O3. The van der Waals surface area contributed by atoms with Gasteiger partial charge in [0.15, 0.2) is 0 Å². The van der Waals surface area contributed by atoms with Crippen LogP contribution >= 0.6 is 0 Å². The SMILES string of the molecule is O=C(O)C1Cc2ccccc2N(C(=O)c2cccnc2)C1. The molecule has 1 atom stereocenters. The van der Waals surface area contributed by atoms with Crippen LogP contribution in [0.2, 0.25) is 0 Å². The van der Waals surface area contributed by atoms with Crippen molar-refractivity contribution in [3.8, 4) is 0 Å². The van der Waals surface area contributed by atoms with Gasteiger partial charge in [-0.2, -0.15) is 0 Å². The number of pyridine rings is 1. The number of rotatable bonds is 2. The first-order chi connectivity index (χ1) is 10.2. The largest absolute Gasteiger partial charge is 0.481 e. The van der Waals surface area contributed by atoms with Crippen molar-refractivity contribution >= 4 is 17.6 Å². The normalized spacial score (nSPS) is 17.1. The number of para-hydroxylation sites is 1. The molecule has 0 saturated heterocycles. The molecule has 1 unspecified atom stereocenters. The van der Waals surface area contributed by atoms with Crippen molar-refractivity contribution in [2.24, 2.45) is 5.92 Å². The standard InChI is InChI=1S/C16H14N2O3/c19-15(12-5-3-7-17-9-12)18-10-13(16(20)21)8-11-4-1-2-6-14(11)18/h1-7,9,13H,8,10H2,(H,20,21). The second-order valence-electron chi connectivity index (χ2n) is 5.03. The summed E-state index contributed by atoms with van der Waals surface area (Å²) < 4.78 is 0. The number of carbonyl (C=O) groups is 2. The lowest BCUT2D eigenvalue weighted by Crippen LogP contribution is -2.42. The lowest BCUT2D eigenvalue weighted by Gasteiger charge is -2.32. The van der Waals surface area contributed by atoms with E-state index in [1.165, 1.54) is 11.1 Å². The number of nitrogens with zero attached hydrogens (tertiary/aromatic N) is 2. The van der Waals surface area contributed by atoms with Crippen LogP contribution in [0.4, 0.5) is 5.69 Å². The molecular weight excluding hydrogens is 268 g/mol. The fraction of sp³-hybridized carbons (Fsp3) is 0.188. The van der Waals surface area contributed by atoms with Crippen LogP contribution < -0.4 is 4.90 Å². The second-order valence-corrected chi connectivity index (χ2v) is 5.03. The molecule has 0 aliphatic carbocycles. The van der Waals surface area contributed by atoms with Crippen LogP contribution in [0.25, 0.3) is 0 Å². The van der Waals surface area contributed by atoms with E-state index in [2.05, 4.69) is 4.98 Å². The Labute approximate surface area is 121 Å². The van der Waals surface area contributed by atoms with Gasteiger partial charge in [-0.1, -0.05) is 18.2 Å². The lowest BCUT2D eigenvalue weighted by atomic mass is 9.92. The molecule has 1 amide bonds. The summed E-state index contributed by atoms with van der Waals surface area (Å²) in [6.07, 6.45) is 3.54. The minimum Gasteiger partial charge on any atom is -0.481 e. The maximum absolute atomic E-state index is 12.6. The van der Waals surface area contributed by atoms with Gasteiger partial charge in [-0.25, -0.2) is 0 Å². The third-order valence-corrected chi connectivity index (χ3v) is 3.65. The van der Waals surface area contributed by atoms with Gasteiger partial charge in [-0.3, -0.25) is 14.6 Å². The Hall–Kier alpha value is -2.69. The Balaban J connectivity index is 2.00. The summed E-state index contributed by atoms with van der Waals surface area (Å²) in [7, 11) is 0. The first kappa shape index (κ1) is 13.3. The molecule has 0 radical (unpaired) electrons. The van der Waals surface area contributed by atoms with Crippen molar-refractivity contribution in [3.63, 3.8) is 0 Å². The van der Waals surface area contributed by atoms with Gasteiger partial charge >= 0.3 is 5.97 Å². The van der Waals surface area contributed by atoms with Crippen LogP contribution in [0.5, 0.6) is 0 Å². The number of anilines is 1. The van der Waals surface area contributed by atoms with E-state index in [1.807, 2.05) is 24.3 Å². The van der Waals surface area contributed by atoms with Gasteiger partial charge in [0.2, 0.25) is 0 Å². The van der Waals surface area contributed by atoms with Crippen LogP contribution in [0.3, 0.4) is 0 Å². The zero-order valence-electron chi connectivity index (χ0n) is 11.3. The number of carboxylic acid groups (broad SMARTS) is 1. The predicted molar refractivity (Wildman–Crippen MR) is 77.2 cm³/mol. The topological polar surface area (TPSA) is 70.5 Å². The maximum Gasteiger partial charge on any atom is 0.308 e. The van der Waals surface area contributed by atoms with Gasteiger partial charge in [0.1, 0.15) is 0 Å². The molecule has 0 spiro atoms. The summed E-state index contributed by atoms with van der Waals surface area (Å²) in [5.41, 5.74) is 2.12. The molecule has 1 aromatic carbocycles. The fourth-order valence-corrected chi connectivity index (χ4v) is 2.60. The van der Waals surface area contributed by atoms with Gasteiger partial charge in [0.05, 0.1) is 11.5 Å². The van der Waals surface area contributed by atoms with Crippen LogP contribution in [0, 0.1) is 5.92 Å². The highest BCUT2D eigenvalue weighted by atomic mass is 16.4. The number of amides is 1. The summed E-state index contributed by atoms with van der Waals surface area (Å²) in [6.45, 7) is 0.181. The molecule has 2 heterocycles. The molecule has 1 aliphatic rings. The molecule has 1 aromatic heterocycles. The fourth-order valence-electron chi connectivity index (χ4n) is 2.60. The molecule has 2 aromatic rings. The highest BCUT2D eigenvalue weighted by molar-refractivity contribution is 6.07. The van der Waals surface area contributed by atoms with Gasteiger partial charge in [-0.15, -0.1) is 0 Å². The highest BCUT2D eigenvalue weighted by Gasteiger charge is 2.32. The molecule has 0 bridgehead atoms. The van der Waals surface area contributed by atoms with Crippen LogP contribution in [-0.4, -0.2) is 28.5 Å². The summed E-state index contributed by atoms with van der Waals surface area (Å²) in [5.74, 6) is -1.68. The van der Waals surface area contributed by atoms with Crippen molar-refractivity contribution in [2.45, 2.75) is 6.42 Å². The molecule has 1 aliphatic heterocycles. The van der Waals surface area contributed by atoms with Crippen molar-refractivity contribution < 1.29 is 14.7 Å². The highest BCUT2D eigenvalue weighted by Crippen LogP contribution is 2.30. The smallest absolute Gasteiger partial charge is 0.308 e. The van der Waals surface area contributed by atoms with Crippen molar-refractivity contribution in [2.75, 3.05) is 11.4 Å². The molecule has 106 valence electrons. The molecule has 21 heavy (non-hydrogen) atoms. The number of carboxylic acids is 1. The Morgan fingerprint density at radius 2 is 2.00 bits per heavy atom. The van der Waals surface area contributed by atoms with Crippen molar-refractivity contribution in [3.05, 3.63) is 59.9 Å². The molecule has 5 nitrogen and oxygen atoms in total. The van der Waals surface area contributed by atoms with Gasteiger partial charge in [0, 0.05) is 24.6 Å². The number of aliphatic carboxylic acids is 1. The molecule has 1 N–H and O–H groups in total. The van der Waals surface area contributed by atoms with E-state index >= 15 is 0 Å². The molecule has 0 saturated carbocycles. The average molecular weight is 282 g/mol. The summed E-state index contributed by atoms with van der Waals surface area (Å²) >= 11 is 0. The summed E-state index contributed by atoms with van der Waals surface area (Å²) in [5, 5.41) is 9.28. The predicted octanol–water partition coefficient (Wildman–Crippen LogP) is 1.99. The summed E-state index contributed by atoms with van der Waals surface area (Å²) in [4.78, 5) is 29.4. The van der Waals surface area contributed by atoms with Crippen LogP contribution in [0.15, 0.2) is 48.8 Å². The third-order valence-electron chi connectivity index (χ3n) is 3.65. The van der Waals surface area contributed by atoms with Gasteiger partial charge in [0.25, 0.3) is 5.91 Å². The number of fused-ring (bicyclic) bond motifs is 1. The van der Waals surface area contributed by atoms with E-state index in [-0.39, 0.29) is 12.5 Å². The number of hydrogen-bond donors (Lipinski definition) is 1.